The first-order valence-electron chi connectivity index (χ1n) is 7.10. The fraction of sp³-hybridized carbons (Fsp3) is 0.158. The molecule has 2 rings (SSSR count). The molecule has 129 valence electrons. The summed E-state index contributed by atoms with van der Waals surface area (Å²) in [5.41, 5.74) is 3.32. The van der Waals surface area contributed by atoms with E-state index in [2.05, 4.69) is 0 Å². The minimum atomic E-state index is -2.58. The number of hydrogen-bond acceptors (Lipinski definition) is 2. The van der Waals surface area contributed by atoms with Gasteiger partial charge in [0, 0.05) is 0 Å². The fourth-order valence-corrected chi connectivity index (χ4v) is 3.03. The maximum atomic E-state index is 11.5. The van der Waals surface area contributed by atoms with Gasteiger partial charge in [-0.25, -0.2) is 6.58 Å². The van der Waals surface area contributed by atoms with Crippen molar-refractivity contribution in [2.75, 3.05) is 0 Å². The van der Waals surface area contributed by atoms with E-state index in [1.54, 1.807) is 6.92 Å². The molecule has 1 radical (unpaired) electrons. The minimum Gasteiger partial charge on any atom is -1.00 e. The normalized spacial score (nSPS) is 12.4. The summed E-state index contributed by atoms with van der Waals surface area (Å²) in [4.78, 5) is 11.5. The Kier molecular flexibility index (Phi) is 13.6. The van der Waals surface area contributed by atoms with E-state index < -0.39 is 13.7 Å². The van der Waals surface area contributed by atoms with Crippen LogP contribution >= 0.6 is 8.03 Å². The van der Waals surface area contributed by atoms with Crippen molar-refractivity contribution in [2.45, 2.75) is 19.5 Å². The molecule has 0 N–H and O–H groups in total. The van der Waals surface area contributed by atoms with E-state index in [-0.39, 0.29) is 51.0 Å². The molecule has 0 fully saturated rings. The smallest absolute Gasteiger partial charge is 1.00 e. The number of benzene rings is 2. The Morgan fingerprint density at radius 1 is 0.960 bits per heavy atom. The van der Waals surface area contributed by atoms with Crippen molar-refractivity contribution < 1.29 is 60.5 Å². The molecule has 2 atom stereocenters. The van der Waals surface area contributed by atoms with Crippen LogP contribution in [0.4, 0.5) is 0 Å². The molecule has 25 heavy (non-hydrogen) atoms. The van der Waals surface area contributed by atoms with Gasteiger partial charge in [-0.05, 0) is 18.1 Å². The van der Waals surface area contributed by atoms with Crippen LogP contribution in [0, 0.1) is 6.58 Å². The second kappa shape index (κ2) is 12.7. The number of allylic oxidation sites excluding steroid dienone is 3. The average Bonchev–Trinajstić information content (AvgIpc) is 2.56. The van der Waals surface area contributed by atoms with Crippen LogP contribution in [0.25, 0.3) is 11.1 Å². The SMILES string of the molecule is [CH-]=C(C(C)=C(c1ccccc1)C(C)[P+](=O)[O-])c1ccccc1.[Cl-].[Cl-].[Zr+3]. The van der Waals surface area contributed by atoms with Crippen LogP contribution in [0.2, 0.25) is 0 Å². The largest absolute Gasteiger partial charge is 3.00 e. The summed E-state index contributed by atoms with van der Waals surface area (Å²) in [5.74, 6) is 0. The Morgan fingerprint density at radius 3 is 1.76 bits per heavy atom. The summed E-state index contributed by atoms with van der Waals surface area (Å²) < 4.78 is 11.5. The molecule has 0 aromatic heterocycles. The van der Waals surface area contributed by atoms with Crippen LogP contribution in [-0.4, -0.2) is 5.66 Å². The molecule has 0 bridgehead atoms. The molecular formula is C19H18Cl2O2PZr. The Morgan fingerprint density at radius 2 is 1.36 bits per heavy atom. The van der Waals surface area contributed by atoms with Gasteiger partial charge in [-0.1, -0.05) is 60.0 Å². The molecule has 0 aliphatic rings. The molecule has 0 saturated heterocycles. The topological polar surface area (TPSA) is 40.1 Å². The Labute approximate surface area is 182 Å². The predicted molar refractivity (Wildman–Crippen MR) is 90.3 cm³/mol. The van der Waals surface area contributed by atoms with Gasteiger partial charge < -0.3 is 29.7 Å². The van der Waals surface area contributed by atoms with Crippen molar-refractivity contribution in [1.29, 1.82) is 0 Å². The van der Waals surface area contributed by atoms with Gasteiger partial charge in [0.1, 0.15) is 0 Å². The maximum absolute atomic E-state index is 11.5. The van der Waals surface area contributed by atoms with E-state index in [1.165, 1.54) is 0 Å². The van der Waals surface area contributed by atoms with Crippen molar-refractivity contribution in [3.05, 3.63) is 83.9 Å². The first kappa shape index (κ1) is 26.7. The summed E-state index contributed by atoms with van der Waals surface area (Å²) in [6.07, 6.45) is 0. The molecule has 6 heteroatoms. The Hall–Kier alpha value is -0.557. The van der Waals surface area contributed by atoms with Crippen molar-refractivity contribution in [3.63, 3.8) is 0 Å². The summed E-state index contributed by atoms with van der Waals surface area (Å²) >= 11 is 0. The van der Waals surface area contributed by atoms with Crippen molar-refractivity contribution in [2.24, 2.45) is 0 Å². The van der Waals surface area contributed by atoms with E-state index in [0.717, 1.165) is 22.3 Å². The van der Waals surface area contributed by atoms with Gasteiger partial charge in [0.2, 0.25) is 0 Å². The molecule has 0 saturated carbocycles. The molecule has 0 heterocycles. The van der Waals surface area contributed by atoms with Gasteiger partial charge in [-0.3, -0.25) is 0 Å². The predicted octanol–water partition coefficient (Wildman–Crippen LogP) is -1.53. The van der Waals surface area contributed by atoms with Crippen LogP contribution in [0.3, 0.4) is 0 Å². The van der Waals surface area contributed by atoms with Gasteiger partial charge in [0.05, 0.1) is 0 Å². The van der Waals surface area contributed by atoms with Crippen LogP contribution < -0.4 is 29.7 Å². The van der Waals surface area contributed by atoms with Gasteiger partial charge in [-0.15, -0.1) is 23.3 Å². The molecule has 2 aromatic rings. The fourth-order valence-electron chi connectivity index (χ4n) is 2.47. The van der Waals surface area contributed by atoms with Gasteiger partial charge in [-0.2, -0.15) is 5.57 Å². The summed E-state index contributed by atoms with van der Waals surface area (Å²) in [5, 5.41) is 0. The molecule has 2 aromatic carbocycles. The van der Waals surface area contributed by atoms with Crippen LogP contribution in [-0.2, 0) is 30.8 Å². The van der Waals surface area contributed by atoms with E-state index >= 15 is 0 Å². The van der Waals surface area contributed by atoms with Gasteiger partial charge in [0.15, 0.2) is 5.66 Å². The zero-order chi connectivity index (χ0) is 16.1. The summed E-state index contributed by atoms with van der Waals surface area (Å²) in [6.45, 7) is 9.84. The number of rotatable bonds is 5. The van der Waals surface area contributed by atoms with E-state index in [1.807, 2.05) is 67.6 Å². The summed E-state index contributed by atoms with van der Waals surface area (Å²) in [6, 6.07) is 19.1. The zero-order valence-corrected chi connectivity index (χ0v) is 18.8. The molecule has 0 spiro atoms. The van der Waals surface area contributed by atoms with E-state index in [4.69, 9.17) is 6.58 Å². The Bertz CT molecular complexity index is 719. The molecular weight excluding hydrogens is 453 g/mol. The Balaban J connectivity index is 0. The third-order valence-electron chi connectivity index (χ3n) is 3.71. The maximum Gasteiger partial charge on any atom is 3.00 e. The summed E-state index contributed by atoms with van der Waals surface area (Å²) in [7, 11) is -2.58. The molecule has 2 unspecified atom stereocenters. The molecule has 2 nitrogen and oxygen atoms in total. The quantitative estimate of drug-likeness (QED) is 0.302. The van der Waals surface area contributed by atoms with Crippen LogP contribution in [0.1, 0.15) is 25.0 Å². The van der Waals surface area contributed by atoms with Crippen LogP contribution in [0.5, 0.6) is 0 Å². The zero-order valence-electron chi connectivity index (χ0n) is 13.9. The number of halogens is 2. The minimum absolute atomic E-state index is 0. The van der Waals surface area contributed by atoms with Crippen LogP contribution in [0.15, 0.2) is 66.2 Å². The third-order valence-corrected chi connectivity index (χ3v) is 4.60. The molecule has 0 aliphatic carbocycles. The molecule has 0 amide bonds. The van der Waals surface area contributed by atoms with Crippen molar-refractivity contribution in [3.8, 4) is 0 Å². The first-order chi connectivity index (χ1) is 10.5. The number of hydrogen-bond donors (Lipinski definition) is 0. The average molecular weight is 471 g/mol. The second-order valence-electron chi connectivity index (χ2n) is 5.15. The van der Waals surface area contributed by atoms with E-state index in [0.29, 0.717) is 5.57 Å². The second-order valence-corrected chi connectivity index (χ2v) is 6.49. The third kappa shape index (κ3) is 6.93. The standard InChI is InChI=1S/C19H18O2P.2ClH.Zr/c1-14(17-10-6-4-7-11-17)15(2)19(16(3)22(20)21)18-12-8-5-9-13-18;;;/h1,4-13,16H,2-3H3;2*1H;/q-1;;;+3/p-2. The van der Waals surface area contributed by atoms with Crippen molar-refractivity contribution >= 4 is 19.2 Å². The monoisotopic (exact) mass is 469 g/mol. The van der Waals surface area contributed by atoms with Gasteiger partial charge >= 0.3 is 34.2 Å². The van der Waals surface area contributed by atoms with Crippen molar-refractivity contribution in [1.82, 2.24) is 0 Å². The first-order valence-corrected chi connectivity index (χ1v) is 8.35. The van der Waals surface area contributed by atoms with Gasteiger partial charge in [0.25, 0.3) is 0 Å². The molecule has 0 aliphatic heterocycles. The van der Waals surface area contributed by atoms with E-state index in [9.17, 15) is 9.46 Å².